The number of ether oxygens (including phenoxy) is 3. The Balaban J connectivity index is 1.77. The van der Waals surface area contributed by atoms with Gasteiger partial charge in [-0.3, -0.25) is 9.29 Å². The quantitative estimate of drug-likeness (QED) is 0.379. The SMILES string of the molecule is COc1ncnc(OC)c1-n1c(NS(=O)(=O)[C@@H](C)[C@H](OC)c2ncc(Cl)cn2)nnc1C1CC=CC1. The summed E-state index contributed by atoms with van der Waals surface area (Å²) in [4.78, 5) is 16.5. The van der Waals surface area contributed by atoms with Crippen LogP contribution in [0.3, 0.4) is 0 Å². The van der Waals surface area contributed by atoms with Crippen molar-refractivity contribution in [2.75, 3.05) is 26.1 Å². The maximum Gasteiger partial charge on any atom is 0.245 e. The normalized spacial score (nSPS) is 15.6. The molecular formula is C21H25ClN8O5S. The number of methoxy groups -OCH3 is 3. The summed E-state index contributed by atoms with van der Waals surface area (Å²) in [6, 6.07) is 0. The second-order valence-electron chi connectivity index (χ2n) is 7.87. The molecule has 1 aliphatic rings. The molecule has 15 heteroatoms. The van der Waals surface area contributed by atoms with Crippen molar-refractivity contribution >= 4 is 27.6 Å². The third-order valence-electron chi connectivity index (χ3n) is 5.72. The number of hydrogen-bond donors (Lipinski definition) is 1. The van der Waals surface area contributed by atoms with Gasteiger partial charge in [-0.25, -0.2) is 18.4 Å². The molecule has 0 saturated carbocycles. The van der Waals surface area contributed by atoms with E-state index in [0.29, 0.717) is 23.7 Å². The maximum atomic E-state index is 13.5. The van der Waals surface area contributed by atoms with Gasteiger partial charge in [-0.2, -0.15) is 9.97 Å². The summed E-state index contributed by atoms with van der Waals surface area (Å²) >= 11 is 5.87. The van der Waals surface area contributed by atoms with Crippen LogP contribution in [0.2, 0.25) is 5.02 Å². The van der Waals surface area contributed by atoms with E-state index >= 15 is 0 Å². The highest BCUT2D eigenvalue weighted by Crippen LogP contribution is 2.37. The zero-order chi connectivity index (χ0) is 25.9. The predicted molar refractivity (Wildman–Crippen MR) is 130 cm³/mol. The van der Waals surface area contributed by atoms with Crippen molar-refractivity contribution in [1.29, 1.82) is 0 Å². The van der Waals surface area contributed by atoms with Crippen LogP contribution in [0.4, 0.5) is 5.95 Å². The average molecular weight is 537 g/mol. The highest BCUT2D eigenvalue weighted by molar-refractivity contribution is 7.93. The Morgan fingerprint density at radius 3 is 2.19 bits per heavy atom. The zero-order valence-electron chi connectivity index (χ0n) is 20.0. The number of sulfonamides is 1. The molecule has 192 valence electrons. The summed E-state index contributed by atoms with van der Waals surface area (Å²) in [5, 5.41) is 7.67. The lowest BCUT2D eigenvalue weighted by molar-refractivity contribution is 0.0950. The maximum absolute atomic E-state index is 13.5. The van der Waals surface area contributed by atoms with Crippen molar-refractivity contribution in [2.45, 2.75) is 37.0 Å². The van der Waals surface area contributed by atoms with Gasteiger partial charge in [0.1, 0.15) is 23.5 Å². The summed E-state index contributed by atoms with van der Waals surface area (Å²) in [5.74, 6) is 0.859. The van der Waals surface area contributed by atoms with E-state index in [-0.39, 0.29) is 35.1 Å². The second kappa shape index (κ2) is 10.7. The van der Waals surface area contributed by atoms with Gasteiger partial charge in [-0.1, -0.05) is 23.8 Å². The summed E-state index contributed by atoms with van der Waals surface area (Å²) in [5.41, 5.74) is 0.268. The van der Waals surface area contributed by atoms with Gasteiger partial charge in [0.15, 0.2) is 11.5 Å². The van der Waals surface area contributed by atoms with Crippen LogP contribution in [-0.4, -0.2) is 69.7 Å². The molecule has 0 amide bonds. The number of aromatic nitrogens is 7. The molecule has 3 aromatic rings. The molecular weight excluding hydrogens is 512 g/mol. The van der Waals surface area contributed by atoms with Crippen LogP contribution in [0.1, 0.15) is 43.4 Å². The Morgan fingerprint density at radius 2 is 1.64 bits per heavy atom. The predicted octanol–water partition coefficient (Wildman–Crippen LogP) is 2.47. The first-order chi connectivity index (χ1) is 17.3. The summed E-state index contributed by atoms with van der Waals surface area (Å²) in [6.07, 6.45) is 8.51. The first-order valence-corrected chi connectivity index (χ1v) is 12.8. The second-order valence-corrected chi connectivity index (χ2v) is 10.3. The molecule has 13 nitrogen and oxygen atoms in total. The molecule has 0 spiro atoms. The third kappa shape index (κ3) is 4.96. The fourth-order valence-electron chi connectivity index (χ4n) is 3.87. The summed E-state index contributed by atoms with van der Waals surface area (Å²) in [7, 11) is 0.139. The largest absolute Gasteiger partial charge is 0.479 e. The van der Waals surface area contributed by atoms with Gasteiger partial charge < -0.3 is 14.2 Å². The van der Waals surface area contributed by atoms with Crippen LogP contribution in [0.15, 0.2) is 30.9 Å². The molecule has 36 heavy (non-hydrogen) atoms. The Hall–Kier alpha value is -3.36. The molecule has 3 aromatic heterocycles. The highest BCUT2D eigenvalue weighted by Gasteiger charge is 2.36. The van der Waals surface area contributed by atoms with Crippen LogP contribution < -0.4 is 14.2 Å². The van der Waals surface area contributed by atoms with Gasteiger partial charge in [-0.15, -0.1) is 10.2 Å². The minimum atomic E-state index is -4.11. The van der Waals surface area contributed by atoms with Crippen molar-refractivity contribution in [3.8, 4) is 17.4 Å². The lowest BCUT2D eigenvalue weighted by atomic mass is 10.1. The monoisotopic (exact) mass is 536 g/mol. The van der Waals surface area contributed by atoms with Crippen LogP contribution in [-0.2, 0) is 14.8 Å². The van der Waals surface area contributed by atoms with Gasteiger partial charge in [-0.05, 0) is 19.8 Å². The van der Waals surface area contributed by atoms with E-state index in [2.05, 4.69) is 34.9 Å². The van der Waals surface area contributed by atoms with Crippen molar-refractivity contribution in [1.82, 2.24) is 34.7 Å². The van der Waals surface area contributed by atoms with E-state index in [9.17, 15) is 8.42 Å². The van der Waals surface area contributed by atoms with Crippen molar-refractivity contribution < 1.29 is 22.6 Å². The van der Waals surface area contributed by atoms with Crippen molar-refractivity contribution in [3.05, 3.63) is 47.5 Å². The van der Waals surface area contributed by atoms with Crippen molar-refractivity contribution in [2.24, 2.45) is 0 Å². The molecule has 2 atom stereocenters. The minimum Gasteiger partial charge on any atom is -0.479 e. The Kier molecular flexibility index (Phi) is 7.66. The van der Waals surface area contributed by atoms with Gasteiger partial charge in [0, 0.05) is 25.4 Å². The number of rotatable bonds is 10. The fourth-order valence-corrected chi connectivity index (χ4v) is 5.10. The molecule has 1 N–H and O–H groups in total. The Bertz CT molecular complexity index is 1320. The lowest BCUT2D eigenvalue weighted by Gasteiger charge is -2.23. The Morgan fingerprint density at radius 1 is 1.03 bits per heavy atom. The topological polar surface area (TPSA) is 156 Å². The van der Waals surface area contributed by atoms with E-state index in [4.69, 9.17) is 25.8 Å². The average Bonchev–Trinajstić information content (AvgIpc) is 3.54. The molecule has 0 aromatic carbocycles. The van der Waals surface area contributed by atoms with E-state index in [1.165, 1.54) is 51.5 Å². The standard InChI is InChI=1S/C21H25ClN8O5S/c1-12(16(33-2)17-23-9-14(22)10-24-17)36(31,32)29-21-28-27-18(13-7-5-6-8-13)30(21)15-19(34-3)25-11-26-20(15)35-4/h5-6,9-13,16H,7-8H2,1-4H3,(H,28,29)/t12-,16-/m0/s1. The van der Waals surface area contributed by atoms with E-state index in [1.807, 2.05) is 12.2 Å². The fraction of sp³-hybridized carbons (Fsp3) is 0.429. The molecule has 1 aliphatic carbocycles. The van der Waals surface area contributed by atoms with E-state index < -0.39 is 21.4 Å². The van der Waals surface area contributed by atoms with E-state index in [1.54, 1.807) is 0 Å². The molecule has 0 bridgehead atoms. The van der Waals surface area contributed by atoms with Gasteiger partial charge in [0.25, 0.3) is 0 Å². The van der Waals surface area contributed by atoms with E-state index in [0.717, 1.165) is 0 Å². The zero-order valence-corrected chi connectivity index (χ0v) is 21.6. The first-order valence-electron chi connectivity index (χ1n) is 10.9. The number of nitrogens with zero attached hydrogens (tertiary/aromatic N) is 7. The number of halogens is 1. The van der Waals surface area contributed by atoms with Crippen LogP contribution >= 0.6 is 11.6 Å². The molecule has 0 fully saturated rings. The third-order valence-corrected chi connectivity index (χ3v) is 7.61. The van der Waals surface area contributed by atoms with Crippen molar-refractivity contribution in [3.63, 3.8) is 0 Å². The lowest BCUT2D eigenvalue weighted by Crippen LogP contribution is -2.33. The first kappa shape index (κ1) is 25.7. The number of anilines is 1. The van der Waals surface area contributed by atoms with Gasteiger partial charge in [0.2, 0.25) is 27.7 Å². The number of allylic oxidation sites excluding steroid dienone is 2. The summed E-state index contributed by atoms with van der Waals surface area (Å²) < 4.78 is 47.4. The van der Waals surface area contributed by atoms with Crippen LogP contribution in [0.25, 0.3) is 5.69 Å². The molecule has 3 heterocycles. The molecule has 4 rings (SSSR count). The number of nitrogens with one attached hydrogen (secondary N) is 1. The molecule has 0 radical (unpaired) electrons. The Labute approximate surface area is 213 Å². The smallest absolute Gasteiger partial charge is 0.245 e. The minimum absolute atomic E-state index is 0.0445. The van der Waals surface area contributed by atoms with Gasteiger partial charge in [0.05, 0.1) is 19.2 Å². The molecule has 0 unspecified atom stereocenters. The molecule has 0 saturated heterocycles. The van der Waals surface area contributed by atoms with Crippen LogP contribution in [0, 0.1) is 0 Å². The summed E-state index contributed by atoms with van der Waals surface area (Å²) in [6.45, 7) is 1.48. The highest BCUT2D eigenvalue weighted by atomic mass is 35.5. The van der Waals surface area contributed by atoms with Gasteiger partial charge >= 0.3 is 0 Å². The van der Waals surface area contributed by atoms with Crippen LogP contribution in [0.5, 0.6) is 11.8 Å². The molecule has 0 aliphatic heterocycles. The number of hydrogen-bond acceptors (Lipinski definition) is 11.